The fourth-order valence-corrected chi connectivity index (χ4v) is 3.94. The van der Waals surface area contributed by atoms with Gasteiger partial charge in [0.25, 0.3) is 0 Å². The zero-order valence-electron chi connectivity index (χ0n) is 12.9. The van der Waals surface area contributed by atoms with Crippen LogP contribution >= 0.6 is 22.7 Å². The van der Waals surface area contributed by atoms with E-state index in [0.717, 1.165) is 28.8 Å². The number of carbonyl (C=O) groups is 1. The lowest BCUT2D eigenvalue weighted by molar-refractivity contribution is -0.116. The number of thiazole rings is 1. The molecule has 0 saturated carbocycles. The molecule has 0 atom stereocenters. The first-order valence-corrected chi connectivity index (χ1v) is 9.30. The van der Waals surface area contributed by atoms with Crippen molar-refractivity contribution in [3.8, 4) is 5.75 Å². The molecule has 0 bridgehead atoms. The summed E-state index contributed by atoms with van der Waals surface area (Å²) in [5.74, 6) is 0.850. The summed E-state index contributed by atoms with van der Waals surface area (Å²) in [6.45, 7) is 2.59. The fraction of sp³-hybridized carbons (Fsp3) is 0.294. The number of amides is 1. The van der Waals surface area contributed by atoms with Gasteiger partial charge in [0, 0.05) is 11.3 Å². The third-order valence-electron chi connectivity index (χ3n) is 3.32. The number of fused-ring (bicyclic) bond motifs is 1. The van der Waals surface area contributed by atoms with E-state index in [4.69, 9.17) is 4.74 Å². The Morgan fingerprint density at radius 2 is 2.26 bits per heavy atom. The van der Waals surface area contributed by atoms with Gasteiger partial charge in [-0.05, 0) is 49.4 Å². The van der Waals surface area contributed by atoms with E-state index in [9.17, 15) is 4.79 Å². The first-order chi connectivity index (χ1) is 11.2. The van der Waals surface area contributed by atoms with Gasteiger partial charge in [0.2, 0.25) is 5.91 Å². The SMILES string of the molecule is CCOc1ccc2nc(NC(=O)CCCc3cccs3)sc2c1. The Labute approximate surface area is 143 Å². The Balaban J connectivity index is 1.56. The molecule has 1 aromatic carbocycles. The van der Waals surface area contributed by atoms with Crippen molar-refractivity contribution >= 4 is 43.9 Å². The molecular formula is C17H18N2O2S2. The number of nitrogens with zero attached hydrogens (tertiary/aromatic N) is 1. The molecule has 0 fully saturated rings. The van der Waals surface area contributed by atoms with Crippen molar-refractivity contribution in [1.82, 2.24) is 4.98 Å². The quantitative estimate of drug-likeness (QED) is 0.673. The summed E-state index contributed by atoms with van der Waals surface area (Å²) >= 11 is 3.21. The Morgan fingerprint density at radius 1 is 1.35 bits per heavy atom. The average Bonchev–Trinajstić information content (AvgIpc) is 3.16. The highest BCUT2D eigenvalue weighted by molar-refractivity contribution is 7.22. The van der Waals surface area contributed by atoms with Crippen molar-refractivity contribution in [3.63, 3.8) is 0 Å². The molecule has 1 amide bonds. The van der Waals surface area contributed by atoms with Crippen LogP contribution in [0.25, 0.3) is 10.2 Å². The van der Waals surface area contributed by atoms with Crippen LogP contribution in [0.5, 0.6) is 5.75 Å². The summed E-state index contributed by atoms with van der Waals surface area (Å²) in [5.41, 5.74) is 0.882. The lowest BCUT2D eigenvalue weighted by atomic mass is 10.2. The van der Waals surface area contributed by atoms with Gasteiger partial charge >= 0.3 is 0 Å². The molecule has 0 saturated heterocycles. The summed E-state index contributed by atoms with van der Waals surface area (Å²) in [6, 6.07) is 9.92. The van der Waals surface area contributed by atoms with Crippen LogP contribution in [0.2, 0.25) is 0 Å². The minimum Gasteiger partial charge on any atom is -0.494 e. The van der Waals surface area contributed by atoms with Gasteiger partial charge in [0.05, 0.1) is 16.8 Å². The second kappa shape index (κ2) is 7.57. The van der Waals surface area contributed by atoms with Crippen molar-refractivity contribution in [3.05, 3.63) is 40.6 Å². The third-order valence-corrected chi connectivity index (χ3v) is 5.19. The van der Waals surface area contributed by atoms with Gasteiger partial charge in [-0.15, -0.1) is 11.3 Å². The smallest absolute Gasteiger partial charge is 0.226 e. The Morgan fingerprint density at radius 3 is 3.04 bits per heavy atom. The maximum Gasteiger partial charge on any atom is 0.226 e. The largest absolute Gasteiger partial charge is 0.494 e. The third kappa shape index (κ3) is 4.30. The summed E-state index contributed by atoms with van der Waals surface area (Å²) < 4.78 is 6.50. The number of rotatable bonds is 7. The molecule has 120 valence electrons. The van der Waals surface area contributed by atoms with Gasteiger partial charge < -0.3 is 10.1 Å². The Hall–Kier alpha value is -1.92. The van der Waals surface area contributed by atoms with Gasteiger partial charge in [0.1, 0.15) is 5.75 Å². The van der Waals surface area contributed by atoms with Crippen LogP contribution in [0.3, 0.4) is 0 Å². The highest BCUT2D eigenvalue weighted by Gasteiger charge is 2.09. The molecule has 0 aliphatic heterocycles. The monoisotopic (exact) mass is 346 g/mol. The summed E-state index contributed by atoms with van der Waals surface area (Å²) in [4.78, 5) is 17.8. The number of benzene rings is 1. The fourth-order valence-electron chi connectivity index (χ4n) is 2.27. The van der Waals surface area contributed by atoms with Gasteiger partial charge in [-0.1, -0.05) is 17.4 Å². The van der Waals surface area contributed by atoms with Crippen molar-refractivity contribution in [2.24, 2.45) is 0 Å². The minimum absolute atomic E-state index is 0.0191. The van der Waals surface area contributed by atoms with Crippen LogP contribution in [0, 0.1) is 0 Å². The number of aromatic nitrogens is 1. The number of anilines is 1. The Bertz CT molecular complexity index is 781. The van der Waals surface area contributed by atoms with E-state index in [-0.39, 0.29) is 5.91 Å². The van der Waals surface area contributed by atoms with E-state index in [1.807, 2.05) is 31.2 Å². The second-order valence-corrected chi connectivity index (χ2v) is 7.13. The molecule has 0 radical (unpaired) electrons. The first-order valence-electron chi connectivity index (χ1n) is 7.60. The van der Waals surface area contributed by atoms with E-state index in [1.54, 1.807) is 11.3 Å². The predicted octanol–water partition coefficient (Wildman–Crippen LogP) is 4.72. The highest BCUT2D eigenvalue weighted by Crippen LogP contribution is 2.29. The predicted molar refractivity (Wildman–Crippen MR) is 96.7 cm³/mol. The van der Waals surface area contributed by atoms with Crippen molar-refractivity contribution in [1.29, 1.82) is 0 Å². The number of ether oxygens (including phenoxy) is 1. The second-order valence-electron chi connectivity index (χ2n) is 5.06. The molecule has 23 heavy (non-hydrogen) atoms. The molecule has 0 unspecified atom stereocenters. The lowest BCUT2D eigenvalue weighted by Gasteiger charge is -2.00. The van der Waals surface area contributed by atoms with Gasteiger partial charge in [-0.3, -0.25) is 4.79 Å². The van der Waals surface area contributed by atoms with Gasteiger partial charge in [-0.25, -0.2) is 4.98 Å². The first kappa shape index (κ1) is 16.0. The van der Waals surface area contributed by atoms with Gasteiger partial charge in [-0.2, -0.15) is 0 Å². The number of carbonyl (C=O) groups excluding carboxylic acids is 1. The van der Waals surface area contributed by atoms with Crippen molar-refractivity contribution in [2.75, 3.05) is 11.9 Å². The Kier molecular flexibility index (Phi) is 5.25. The molecule has 2 aromatic heterocycles. The minimum atomic E-state index is 0.0191. The van der Waals surface area contributed by atoms with E-state index < -0.39 is 0 Å². The molecule has 3 rings (SSSR count). The molecular weight excluding hydrogens is 328 g/mol. The van der Waals surface area contributed by atoms with Crippen LogP contribution in [-0.4, -0.2) is 17.5 Å². The molecule has 3 aromatic rings. The number of hydrogen-bond donors (Lipinski definition) is 1. The molecule has 2 heterocycles. The summed E-state index contributed by atoms with van der Waals surface area (Å²) in [7, 11) is 0. The van der Waals surface area contributed by atoms with Crippen LogP contribution in [0.1, 0.15) is 24.6 Å². The van der Waals surface area contributed by atoms with E-state index >= 15 is 0 Å². The number of aryl methyl sites for hydroxylation is 1. The van der Waals surface area contributed by atoms with Gasteiger partial charge in [0.15, 0.2) is 5.13 Å². The van der Waals surface area contributed by atoms with Crippen LogP contribution in [-0.2, 0) is 11.2 Å². The van der Waals surface area contributed by atoms with Crippen LogP contribution < -0.4 is 10.1 Å². The molecule has 4 nitrogen and oxygen atoms in total. The number of thiophene rings is 1. The number of nitrogens with one attached hydrogen (secondary N) is 1. The molecule has 6 heteroatoms. The zero-order chi connectivity index (χ0) is 16.1. The van der Waals surface area contributed by atoms with Crippen LogP contribution in [0.4, 0.5) is 5.13 Å². The molecule has 0 aliphatic rings. The zero-order valence-corrected chi connectivity index (χ0v) is 14.5. The lowest BCUT2D eigenvalue weighted by Crippen LogP contribution is -2.11. The highest BCUT2D eigenvalue weighted by atomic mass is 32.1. The number of hydrogen-bond acceptors (Lipinski definition) is 5. The maximum absolute atomic E-state index is 12.0. The molecule has 1 N–H and O–H groups in total. The standard InChI is InChI=1S/C17H18N2O2S2/c1-2-21-12-8-9-14-15(11-12)23-17(18-14)19-16(20)7-3-5-13-6-4-10-22-13/h4,6,8-11H,2-3,5,7H2,1H3,(H,18,19,20). The normalized spacial score (nSPS) is 10.8. The average molecular weight is 346 g/mol. The van der Waals surface area contributed by atoms with E-state index in [0.29, 0.717) is 18.2 Å². The molecule has 0 aliphatic carbocycles. The van der Waals surface area contributed by atoms with E-state index in [1.165, 1.54) is 16.2 Å². The summed E-state index contributed by atoms with van der Waals surface area (Å²) in [6.07, 6.45) is 2.31. The van der Waals surface area contributed by atoms with E-state index in [2.05, 4.69) is 21.7 Å². The van der Waals surface area contributed by atoms with Crippen LogP contribution in [0.15, 0.2) is 35.7 Å². The van der Waals surface area contributed by atoms with Crippen molar-refractivity contribution in [2.45, 2.75) is 26.2 Å². The maximum atomic E-state index is 12.0. The molecule has 0 spiro atoms. The topological polar surface area (TPSA) is 51.2 Å². The summed E-state index contributed by atoms with van der Waals surface area (Å²) in [5, 5.41) is 5.60. The van der Waals surface area contributed by atoms with Crippen molar-refractivity contribution < 1.29 is 9.53 Å².